The second-order valence-corrected chi connectivity index (χ2v) is 6.63. The van der Waals surface area contributed by atoms with Crippen LogP contribution in [-0.2, 0) is 11.4 Å². The molecule has 3 aromatic rings. The number of benzene rings is 2. The van der Waals surface area contributed by atoms with Crippen molar-refractivity contribution >= 4 is 33.9 Å². The van der Waals surface area contributed by atoms with Crippen molar-refractivity contribution in [2.75, 3.05) is 13.2 Å². The fourth-order valence-electron chi connectivity index (χ4n) is 2.37. The van der Waals surface area contributed by atoms with Gasteiger partial charge in [0.15, 0.2) is 4.90 Å². The lowest BCUT2D eigenvalue weighted by atomic mass is 10.0. The molecule has 0 aliphatic carbocycles. The Morgan fingerprint density at radius 2 is 2.04 bits per heavy atom. The average molecular weight is 353 g/mol. The lowest BCUT2D eigenvalue weighted by molar-refractivity contribution is 0.301. The van der Waals surface area contributed by atoms with E-state index >= 15 is 0 Å². The van der Waals surface area contributed by atoms with Gasteiger partial charge in [0.2, 0.25) is 0 Å². The molecule has 0 aliphatic heterocycles. The van der Waals surface area contributed by atoms with E-state index in [0.29, 0.717) is 15.4 Å². The summed E-state index contributed by atoms with van der Waals surface area (Å²) in [7, 11) is 0. The normalized spacial score (nSPS) is 12.7. The number of hydrogen-bond donors (Lipinski definition) is 3. The first-order valence-corrected chi connectivity index (χ1v) is 8.45. The van der Waals surface area contributed by atoms with Crippen LogP contribution in [0.15, 0.2) is 47.5 Å². The van der Waals surface area contributed by atoms with Crippen LogP contribution < -0.4 is 4.72 Å². The molecule has 0 aliphatic rings. The number of rotatable bonds is 5. The molecule has 7 heteroatoms. The Labute approximate surface area is 140 Å². The summed E-state index contributed by atoms with van der Waals surface area (Å²) in [6.45, 7) is 0.142. The molecule has 3 rings (SSSR count). The first-order valence-electron chi connectivity index (χ1n) is 6.93. The molecular weight excluding hydrogens is 339 g/mol. The molecule has 0 radical (unpaired) electrons. The van der Waals surface area contributed by atoms with E-state index in [1.807, 2.05) is 0 Å². The van der Waals surface area contributed by atoms with Crippen molar-refractivity contribution in [1.29, 1.82) is 0 Å². The molecule has 4 nitrogen and oxygen atoms in total. The fourth-order valence-corrected chi connectivity index (χ4v) is 3.58. The minimum atomic E-state index is -1.43. The van der Waals surface area contributed by atoms with Gasteiger partial charge in [0.05, 0.1) is 29.5 Å². The molecule has 1 aromatic heterocycles. The summed E-state index contributed by atoms with van der Waals surface area (Å²) in [4.78, 5) is 3.55. The molecule has 1 heterocycles. The molecule has 120 valence electrons. The van der Waals surface area contributed by atoms with Gasteiger partial charge in [-0.3, -0.25) is 0 Å². The largest absolute Gasteiger partial charge is 0.593 e. The van der Waals surface area contributed by atoms with E-state index in [4.69, 9.17) is 16.7 Å². The molecule has 0 bridgehead atoms. The summed E-state index contributed by atoms with van der Waals surface area (Å²) in [5.41, 5.74) is 2.31. The summed E-state index contributed by atoms with van der Waals surface area (Å²) in [5.74, 6) is -0.308. The lowest BCUT2D eigenvalue weighted by Crippen LogP contribution is -2.26. The second kappa shape index (κ2) is 6.90. The number of fused-ring (bicyclic) bond motifs is 1. The van der Waals surface area contributed by atoms with E-state index in [2.05, 4.69) is 9.71 Å². The van der Waals surface area contributed by atoms with Crippen LogP contribution in [0.2, 0.25) is 5.02 Å². The highest BCUT2D eigenvalue weighted by Crippen LogP contribution is 2.35. The van der Waals surface area contributed by atoms with Crippen molar-refractivity contribution < 1.29 is 14.0 Å². The zero-order valence-corrected chi connectivity index (χ0v) is 13.5. The highest BCUT2D eigenvalue weighted by atomic mass is 35.5. The maximum absolute atomic E-state index is 13.3. The molecule has 0 saturated carbocycles. The van der Waals surface area contributed by atoms with Gasteiger partial charge in [-0.1, -0.05) is 11.6 Å². The molecular formula is C16H14ClFN2O2S. The van der Waals surface area contributed by atoms with Gasteiger partial charge in [0.25, 0.3) is 0 Å². The maximum atomic E-state index is 13.3. The minimum absolute atomic E-state index is 0.0938. The third-order valence-corrected chi connectivity index (χ3v) is 4.89. The molecule has 3 N–H and O–H groups in total. The number of hydrogen-bond acceptors (Lipinski definition) is 3. The van der Waals surface area contributed by atoms with Gasteiger partial charge in [0, 0.05) is 34.3 Å². The maximum Gasteiger partial charge on any atom is 0.175 e. The zero-order chi connectivity index (χ0) is 16.4. The van der Waals surface area contributed by atoms with Crippen LogP contribution in [0, 0.1) is 5.82 Å². The van der Waals surface area contributed by atoms with E-state index < -0.39 is 11.4 Å². The second-order valence-electron chi connectivity index (χ2n) is 4.92. The predicted octanol–water partition coefficient (Wildman–Crippen LogP) is 3.23. The lowest BCUT2D eigenvalue weighted by Gasteiger charge is -2.11. The molecule has 1 atom stereocenters. The van der Waals surface area contributed by atoms with Gasteiger partial charge in [0.1, 0.15) is 5.82 Å². The number of nitrogens with one attached hydrogen (secondary N) is 2. The quantitative estimate of drug-likeness (QED) is 0.617. The topological polar surface area (TPSA) is 71.1 Å². The summed E-state index contributed by atoms with van der Waals surface area (Å²) < 4.78 is 27.9. The number of halogens is 2. The Bertz CT molecular complexity index is 840. The predicted molar refractivity (Wildman–Crippen MR) is 90.2 cm³/mol. The highest BCUT2D eigenvalue weighted by Gasteiger charge is 2.16. The SMILES string of the molecule is [O-][S+](NCCO)c1ccc(-c2c[nH]c3cc(F)ccc23)c(Cl)c1. The zero-order valence-electron chi connectivity index (χ0n) is 12.0. The number of aliphatic hydroxyl groups is 1. The summed E-state index contributed by atoms with van der Waals surface area (Å²) >= 11 is 4.90. The summed E-state index contributed by atoms with van der Waals surface area (Å²) in [6, 6.07) is 9.64. The average Bonchev–Trinajstić information content (AvgIpc) is 2.95. The molecule has 0 fully saturated rings. The molecule has 1 unspecified atom stereocenters. The van der Waals surface area contributed by atoms with Crippen molar-refractivity contribution in [3.63, 3.8) is 0 Å². The van der Waals surface area contributed by atoms with Gasteiger partial charge in [-0.15, -0.1) is 4.72 Å². The minimum Gasteiger partial charge on any atom is -0.593 e. The smallest absolute Gasteiger partial charge is 0.175 e. The fraction of sp³-hybridized carbons (Fsp3) is 0.125. The van der Waals surface area contributed by atoms with Crippen molar-refractivity contribution in [1.82, 2.24) is 9.71 Å². The van der Waals surface area contributed by atoms with E-state index in [-0.39, 0.29) is 19.0 Å². The van der Waals surface area contributed by atoms with Crippen LogP contribution in [0.3, 0.4) is 0 Å². The molecule has 0 saturated heterocycles. The van der Waals surface area contributed by atoms with E-state index in [1.165, 1.54) is 12.1 Å². The van der Waals surface area contributed by atoms with Crippen molar-refractivity contribution in [3.05, 3.63) is 53.4 Å². The van der Waals surface area contributed by atoms with Gasteiger partial charge >= 0.3 is 0 Å². The molecule has 2 aromatic carbocycles. The molecule has 23 heavy (non-hydrogen) atoms. The Morgan fingerprint density at radius 1 is 1.22 bits per heavy atom. The summed E-state index contributed by atoms with van der Waals surface area (Å²) in [5, 5.41) is 10.1. The molecule has 0 amide bonds. The Hall–Kier alpha value is -1.57. The Kier molecular flexibility index (Phi) is 4.89. The van der Waals surface area contributed by atoms with Crippen LogP contribution in [0.5, 0.6) is 0 Å². The molecule has 0 spiro atoms. The Balaban J connectivity index is 1.96. The van der Waals surface area contributed by atoms with Gasteiger partial charge < -0.3 is 14.6 Å². The first kappa shape index (κ1) is 16.3. The van der Waals surface area contributed by atoms with Crippen molar-refractivity contribution in [2.45, 2.75) is 4.90 Å². The number of aromatic amines is 1. The van der Waals surface area contributed by atoms with Crippen LogP contribution in [-0.4, -0.2) is 27.8 Å². The number of aromatic nitrogens is 1. The van der Waals surface area contributed by atoms with Crippen LogP contribution in [0.1, 0.15) is 0 Å². The van der Waals surface area contributed by atoms with Gasteiger partial charge in [-0.2, -0.15) is 0 Å². The third-order valence-electron chi connectivity index (χ3n) is 3.43. The van der Waals surface area contributed by atoms with Gasteiger partial charge in [-0.05, 0) is 30.3 Å². The highest BCUT2D eigenvalue weighted by molar-refractivity contribution is 7.89. The Morgan fingerprint density at radius 3 is 2.78 bits per heavy atom. The van der Waals surface area contributed by atoms with E-state index in [1.54, 1.807) is 30.5 Å². The van der Waals surface area contributed by atoms with Crippen molar-refractivity contribution in [3.8, 4) is 11.1 Å². The van der Waals surface area contributed by atoms with E-state index in [9.17, 15) is 8.94 Å². The summed E-state index contributed by atoms with van der Waals surface area (Å²) in [6.07, 6.45) is 1.77. The van der Waals surface area contributed by atoms with Crippen LogP contribution in [0.4, 0.5) is 4.39 Å². The van der Waals surface area contributed by atoms with E-state index in [0.717, 1.165) is 16.5 Å². The monoisotopic (exact) mass is 352 g/mol. The van der Waals surface area contributed by atoms with Crippen LogP contribution in [0.25, 0.3) is 22.0 Å². The standard InChI is InChI=1S/C16H14ClFN2O2S/c17-15-8-11(23(22)20-5-6-21)2-4-12(15)14-9-19-16-7-10(18)1-3-13(14)16/h1-4,7-9,19-21H,5-6H2. The number of aliphatic hydroxyl groups excluding tert-OH is 1. The third kappa shape index (κ3) is 3.36. The van der Waals surface area contributed by atoms with Crippen molar-refractivity contribution in [2.24, 2.45) is 0 Å². The van der Waals surface area contributed by atoms with Gasteiger partial charge in [-0.25, -0.2) is 4.39 Å². The number of H-pyrrole nitrogens is 1. The van der Waals surface area contributed by atoms with Crippen LogP contribution >= 0.6 is 11.6 Å². The first-order chi connectivity index (χ1) is 11.1.